The molecular weight excluding hydrogens is 232 g/mol. The van der Waals surface area contributed by atoms with Gasteiger partial charge in [-0.25, -0.2) is 0 Å². The number of nitrogens with one attached hydrogen (secondary N) is 1. The first-order valence-electron chi connectivity index (χ1n) is 7.67. The summed E-state index contributed by atoms with van der Waals surface area (Å²) in [6.45, 7) is 9.02. The molecule has 0 atom stereocenters. The van der Waals surface area contributed by atoms with E-state index in [1.165, 1.54) is 49.9 Å². The number of rotatable bonds is 10. The van der Waals surface area contributed by atoms with Gasteiger partial charge in [0.1, 0.15) is 0 Å². The van der Waals surface area contributed by atoms with Crippen molar-refractivity contribution >= 4 is 0 Å². The summed E-state index contributed by atoms with van der Waals surface area (Å²) in [6, 6.07) is 8.68. The van der Waals surface area contributed by atoms with Crippen LogP contribution in [-0.4, -0.2) is 31.6 Å². The molecule has 0 radical (unpaired) electrons. The van der Waals surface area contributed by atoms with Gasteiger partial charge in [-0.1, -0.05) is 37.6 Å². The number of aryl methyl sites for hydroxylation is 1. The van der Waals surface area contributed by atoms with Crippen LogP contribution in [0.5, 0.6) is 0 Å². The molecule has 0 heterocycles. The van der Waals surface area contributed by atoms with Crippen LogP contribution in [0.15, 0.2) is 24.3 Å². The minimum Gasteiger partial charge on any atom is -0.317 e. The Labute approximate surface area is 119 Å². The van der Waals surface area contributed by atoms with Crippen LogP contribution in [0.1, 0.15) is 43.7 Å². The molecule has 0 saturated heterocycles. The number of nitrogens with zero attached hydrogens (tertiary/aromatic N) is 1. The molecule has 2 heteroatoms. The molecule has 1 rings (SSSR count). The SMILES string of the molecule is CCCNCCCCCN(C)Cc1ccccc1C. The molecule has 0 aromatic heterocycles. The zero-order valence-corrected chi connectivity index (χ0v) is 12.9. The number of hydrogen-bond acceptors (Lipinski definition) is 2. The Hall–Kier alpha value is -0.860. The third kappa shape index (κ3) is 7.34. The maximum Gasteiger partial charge on any atom is 0.0233 e. The van der Waals surface area contributed by atoms with Gasteiger partial charge in [0.15, 0.2) is 0 Å². The predicted octanol–water partition coefficient (Wildman–Crippen LogP) is 3.60. The quantitative estimate of drug-likeness (QED) is 0.648. The Balaban J connectivity index is 2.08. The Kier molecular flexibility index (Phi) is 8.52. The summed E-state index contributed by atoms with van der Waals surface area (Å²) in [6.07, 6.45) is 5.17. The van der Waals surface area contributed by atoms with Crippen molar-refractivity contribution in [1.82, 2.24) is 10.2 Å². The molecule has 0 aliphatic carbocycles. The van der Waals surface area contributed by atoms with Crippen molar-refractivity contribution in [3.8, 4) is 0 Å². The van der Waals surface area contributed by atoms with Crippen molar-refractivity contribution in [2.24, 2.45) is 0 Å². The molecule has 0 fully saturated rings. The van der Waals surface area contributed by atoms with Gasteiger partial charge in [0.05, 0.1) is 0 Å². The van der Waals surface area contributed by atoms with E-state index < -0.39 is 0 Å². The average Bonchev–Trinajstić information content (AvgIpc) is 2.40. The van der Waals surface area contributed by atoms with E-state index >= 15 is 0 Å². The normalized spacial score (nSPS) is 11.2. The van der Waals surface area contributed by atoms with Crippen molar-refractivity contribution < 1.29 is 0 Å². The Morgan fingerprint density at radius 2 is 1.84 bits per heavy atom. The number of unbranched alkanes of at least 4 members (excludes halogenated alkanes) is 2. The second-order valence-corrected chi connectivity index (χ2v) is 5.47. The van der Waals surface area contributed by atoms with Gasteiger partial charge in [-0.2, -0.15) is 0 Å². The minimum atomic E-state index is 1.07. The minimum absolute atomic E-state index is 1.07. The standard InChI is InChI=1S/C17H30N2/c1-4-12-18-13-8-5-9-14-19(3)15-17-11-7-6-10-16(17)2/h6-7,10-11,18H,4-5,8-9,12-15H2,1-3H3. The maximum absolute atomic E-state index is 3.46. The third-order valence-electron chi connectivity index (χ3n) is 3.52. The van der Waals surface area contributed by atoms with Gasteiger partial charge in [0, 0.05) is 6.54 Å². The van der Waals surface area contributed by atoms with E-state index in [9.17, 15) is 0 Å². The van der Waals surface area contributed by atoms with E-state index in [4.69, 9.17) is 0 Å². The van der Waals surface area contributed by atoms with Crippen molar-refractivity contribution in [2.45, 2.75) is 46.1 Å². The fourth-order valence-electron chi connectivity index (χ4n) is 2.27. The largest absolute Gasteiger partial charge is 0.317 e. The molecular formula is C17H30N2. The summed E-state index contributed by atoms with van der Waals surface area (Å²) in [5.74, 6) is 0. The van der Waals surface area contributed by atoms with Crippen LogP contribution in [0.4, 0.5) is 0 Å². The van der Waals surface area contributed by atoms with Gasteiger partial charge in [0.2, 0.25) is 0 Å². The van der Waals surface area contributed by atoms with Crippen molar-refractivity contribution in [2.75, 3.05) is 26.7 Å². The smallest absolute Gasteiger partial charge is 0.0233 e. The molecule has 0 unspecified atom stereocenters. The lowest BCUT2D eigenvalue weighted by Crippen LogP contribution is -2.20. The van der Waals surface area contributed by atoms with Gasteiger partial charge < -0.3 is 10.2 Å². The fourth-order valence-corrected chi connectivity index (χ4v) is 2.27. The first-order chi connectivity index (χ1) is 9.24. The van der Waals surface area contributed by atoms with Gasteiger partial charge in [-0.05, 0) is 64.0 Å². The molecule has 19 heavy (non-hydrogen) atoms. The van der Waals surface area contributed by atoms with Gasteiger partial charge in [0.25, 0.3) is 0 Å². The molecule has 0 bridgehead atoms. The van der Waals surface area contributed by atoms with E-state index in [1.807, 2.05) is 0 Å². The molecule has 1 aromatic carbocycles. The van der Waals surface area contributed by atoms with Gasteiger partial charge in [-0.15, -0.1) is 0 Å². The number of benzene rings is 1. The second kappa shape index (κ2) is 9.99. The van der Waals surface area contributed by atoms with Crippen LogP contribution in [0, 0.1) is 6.92 Å². The molecule has 0 aliphatic rings. The average molecular weight is 262 g/mol. The molecule has 1 N–H and O–H groups in total. The molecule has 1 aromatic rings. The molecule has 108 valence electrons. The summed E-state index contributed by atoms with van der Waals surface area (Å²) in [5.41, 5.74) is 2.85. The van der Waals surface area contributed by atoms with Crippen molar-refractivity contribution in [3.63, 3.8) is 0 Å². The van der Waals surface area contributed by atoms with Crippen molar-refractivity contribution in [1.29, 1.82) is 0 Å². The van der Waals surface area contributed by atoms with E-state index in [0.29, 0.717) is 0 Å². The molecule has 0 spiro atoms. The molecule has 0 amide bonds. The van der Waals surface area contributed by atoms with Crippen LogP contribution in [0.25, 0.3) is 0 Å². The zero-order valence-electron chi connectivity index (χ0n) is 12.9. The van der Waals surface area contributed by atoms with E-state index in [0.717, 1.165) is 13.1 Å². The predicted molar refractivity (Wildman–Crippen MR) is 84.5 cm³/mol. The first-order valence-corrected chi connectivity index (χ1v) is 7.67. The lowest BCUT2D eigenvalue weighted by atomic mass is 10.1. The highest BCUT2D eigenvalue weighted by Crippen LogP contribution is 2.10. The van der Waals surface area contributed by atoms with Crippen LogP contribution >= 0.6 is 0 Å². The monoisotopic (exact) mass is 262 g/mol. The Morgan fingerprint density at radius 3 is 2.58 bits per heavy atom. The topological polar surface area (TPSA) is 15.3 Å². The van der Waals surface area contributed by atoms with Gasteiger partial charge >= 0.3 is 0 Å². The van der Waals surface area contributed by atoms with Gasteiger partial charge in [-0.3, -0.25) is 0 Å². The lowest BCUT2D eigenvalue weighted by molar-refractivity contribution is 0.316. The summed E-state index contributed by atoms with van der Waals surface area (Å²) >= 11 is 0. The summed E-state index contributed by atoms with van der Waals surface area (Å²) in [7, 11) is 2.22. The van der Waals surface area contributed by atoms with Crippen LogP contribution in [0.2, 0.25) is 0 Å². The Bertz CT molecular complexity index is 336. The van der Waals surface area contributed by atoms with E-state index in [2.05, 4.69) is 55.4 Å². The van der Waals surface area contributed by atoms with Crippen LogP contribution < -0.4 is 5.32 Å². The van der Waals surface area contributed by atoms with Crippen LogP contribution in [-0.2, 0) is 6.54 Å². The fraction of sp³-hybridized carbons (Fsp3) is 0.647. The molecule has 0 saturated carbocycles. The highest BCUT2D eigenvalue weighted by Gasteiger charge is 2.02. The highest BCUT2D eigenvalue weighted by atomic mass is 15.1. The lowest BCUT2D eigenvalue weighted by Gasteiger charge is -2.17. The summed E-state index contributed by atoms with van der Waals surface area (Å²) in [5, 5.41) is 3.46. The summed E-state index contributed by atoms with van der Waals surface area (Å²) in [4.78, 5) is 2.43. The number of hydrogen-bond donors (Lipinski definition) is 1. The highest BCUT2D eigenvalue weighted by molar-refractivity contribution is 5.25. The van der Waals surface area contributed by atoms with Crippen molar-refractivity contribution in [3.05, 3.63) is 35.4 Å². The Morgan fingerprint density at radius 1 is 1.05 bits per heavy atom. The first kappa shape index (κ1) is 16.2. The van der Waals surface area contributed by atoms with Crippen LogP contribution in [0.3, 0.4) is 0 Å². The maximum atomic E-state index is 3.46. The molecule has 2 nitrogen and oxygen atoms in total. The van der Waals surface area contributed by atoms with E-state index in [-0.39, 0.29) is 0 Å². The molecule has 0 aliphatic heterocycles. The zero-order chi connectivity index (χ0) is 13.9. The third-order valence-corrected chi connectivity index (χ3v) is 3.52. The summed E-state index contributed by atoms with van der Waals surface area (Å²) < 4.78 is 0. The van der Waals surface area contributed by atoms with E-state index in [1.54, 1.807) is 0 Å². The second-order valence-electron chi connectivity index (χ2n) is 5.47.